The van der Waals surface area contributed by atoms with Crippen molar-refractivity contribution in [1.82, 2.24) is 5.32 Å². The fourth-order valence-electron chi connectivity index (χ4n) is 1.88. The number of carbonyl (C=O) groups excluding carboxylic acids is 2. The van der Waals surface area contributed by atoms with Gasteiger partial charge in [0.25, 0.3) is 0 Å². The third-order valence-electron chi connectivity index (χ3n) is 3.07. The van der Waals surface area contributed by atoms with Gasteiger partial charge in [0.2, 0.25) is 11.8 Å². The molecular formula is C17H26N2O2. The molecule has 0 spiro atoms. The van der Waals surface area contributed by atoms with Crippen molar-refractivity contribution in [3.63, 3.8) is 0 Å². The molecule has 0 heterocycles. The maximum atomic E-state index is 11.8. The Morgan fingerprint density at radius 3 is 2.10 bits per heavy atom. The SMILES string of the molecule is CC(C)CC(=O)NCC(=O)Nc1ccc(C(C)(C)C)cc1. The van der Waals surface area contributed by atoms with E-state index >= 15 is 0 Å². The Kier molecular flexibility index (Phi) is 5.94. The van der Waals surface area contributed by atoms with Gasteiger partial charge in [0, 0.05) is 12.1 Å². The highest BCUT2D eigenvalue weighted by Gasteiger charge is 2.13. The first-order chi connectivity index (χ1) is 9.68. The Hall–Kier alpha value is -1.84. The summed E-state index contributed by atoms with van der Waals surface area (Å²) in [7, 11) is 0. The van der Waals surface area contributed by atoms with Crippen molar-refractivity contribution in [2.45, 2.75) is 46.5 Å². The second-order valence-electron chi connectivity index (χ2n) is 6.75. The lowest BCUT2D eigenvalue weighted by Crippen LogP contribution is -2.33. The monoisotopic (exact) mass is 290 g/mol. The maximum absolute atomic E-state index is 11.8. The number of anilines is 1. The van der Waals surface area contributed by atoms with E-state index in [2.05, 4.69) is 31.4 Å². The van der Waals surface area contributed by atoms with Crippen LogP contribution in [-0.2, 0) is 15.0 Å². The van der Waals surface area contributed by atoms with E-state index < -0.39 is 0 Å². The van der Waals surface area contributed by atoms with E-state index in [1.165, 1.54) is 5.56 Å². The highest BCUT2D eigenvalue weighted by molar-refractivity contribution is 5.94. The fourth-order valence-corrected chi connectivity index (χ4v) is 1.88. The van der Waals surface area contributed by atoms with Gasteiger partial charge in [-0.2, -0.15) is 0 Å². The number of benzene rings is 1. The molecule has 4 heteroatoms. The molecule has 2 N–H and O–H groups in total. The highest BCUT2D eigenvalue weighted by atomic mass is 16.2. The van der Waals surface area contributed by atoms with Crippen molar-refractivity contribution < 1.29 is 9.59 Å². The van der Waals surface area contributed by atoms with Gasteiger partial charge in [0.15, 0.2) is 0 Å². The van der Waals surface area contributed by atoms with Gasteiger partial charge in [0.05, 0.1) is 6.54 Å². The first-order valence-electron chi connectivity index (χ1n) is 7.35. The van der Waals surface area contributed by atoms with E-state index in [1.54, 1.807) is 0 Å². The van der Waals surface area contributed by atoms with Crippen LogP contribution in [0.5, 0.6) is 0 Å². The van der Waals surface area contributed by atoms with Crippen molar-refractivity contribution >= 4 is 17.5 Å². The van der Waals surface area contributed by atoms with Crippen LogP contribution in [-0.4, -0.2) is 18.4 Å². The van der Waals surface area contributed by atoms with E-state index in [9.17, 15) is 9.59 Å². The fraction of sp³-hybridized carbons (Fsp3) is 0.529. The number of amides is 2. The summed E-state index contributed by atoms with van der Waals surface area (Å²) in [6, 6.07) is 7.78. The number of hydrogen-bond acceptors (Lipinski definition) is 2. The predicted molar refractivity (Wildman–Crippen MR) is 86.2 cm³/mol. The molecule has 1 aromatic carbocycles. The zero-order valence-corrected chi connectivity index (χ0v) is 13.6. The largest absolute Gasteiger partial charge is 0.347 e. The van der Waals surface area contributed by atoms with Crippen molar-refractivity contribution in [1.29, 1.82) is 0 Å². The summed E-state index contributed by atoms with van der Waals surface area (Å²) in [5, 5.41) is 5.39. The predicted octanol–water partition coefficient (Wildman–Crippen LogP) is 3.08. The van der Waals surface area contributed by atoms with Crippen molar-refractivity contribution in [3.8, 4) is 0 Å². The molecule has 0 aliphatic carbocycles. The molecule has 0 saturated heterocycles. The molecular weight excluding hydrogens is 264 g/mol. The molecule has 4 nitrogen and oxygen atoms in total. The second-order valence-corrected chi connectivity index (χ2v) is 6.75. The summed E-state index contributed by atoms with van der Waals surface area (Å²) in [5.74, 6) is -0.0168. The first kappa shape index (κ1) is 17.2. The van der Waals surface area contributed by atoms with Crippen LogP contribution < -0.4 is 10.6 Å². The first-order valence-corrected chi connectivity index (χ1v) is 7.35. The van der Waals surface area contributed by atoms with Crippen LogP contribution in [0.1, 0.15) is 46.6 Å². The molecule has 0 fully saturated rings. The molecule has 1 rings (SSSR count). The molecule has 0 saturated carbocycles. The average Bonchev–Trinajstić information content (AvgIpc) is 2.35. The Morgan fingerprint density at radius 2 is 1.62 bits per heavy atom. The Labute approximate surface area is 127 Å². The van der Waals surface area contributed by atoms with E-state index in [4.69, 9.17) is 0 Å². The van der Waals surface area contributed by atoms with Gasteiger partial charge in [-0.05, 0) is 29.0 Å². The van der Waals surface area contributed by atoms with Crippen LogP contribution in [0.25, 0.3) is 0 Å². The third-order valence-corrected chi connectivity index (χ3v) is 3.07. The highest BCUT2D eigenvalue weighted by Crippen LogP contribution is 2.23. The van der Waals surface area contributed by atoms with Crippen LogP contribution in [0.3, 0.4) is 0 Å². The van der Waals surface area contributed by atoms with Gasteiger partial charge in [0.1, 0.15) is 0 Å². The van der Waals surface area contributed by atoms with Gasteiger partial charge in [-0.15, -0.1) is 0 Å². The van der Waals surface area contributed by atoms with Gasteiger partial charge >= 0.3 is 0 Å². The molecule has 0 bridgehead atoms. The van der Waals surface area contributed by atoms with E-state index in [-0.39, 0.29) is 29.7 Å². The van der Waals surface area contributed by atoms with Crippen LogP contribution >= 0.6 is 0 Å². The Bertz CT molecular complexity index is 485. The van der Waals surface area contributed by atoms with Gasteiger partial charge < -0.3 is 10.6 Å². The standard InChI is InChI=1S/C17H26N2O2/c1-12(2)10-15(20)18-11-16(21)19-14-8-6-13(7-9-14)17(3,4)5/h6-9,12H,10-11H2,1-5H3,(H,18,20)(H,19,21). The summed E-state index contributed by atoms with van der Waals surface area (Å²) < 4.78 is 0. The summed E-state index contributed by atoms with van der Waals surface area (Å²) in [4.78, 5) is 23.2. The molecule has 21 heavy (non-hydrogen) atoms. The van der Waals surface area contributed by atoms with Crippen LogP contribution in [0.15, 0.2) is 24.3 Å². The van der Waals surface area contributed by atoms with Gasteiger partial charge in [-0.3, -0.25) is 9.59 Å². The second kappa shape index (κ2) is 7.25. The molecule has 116 valence electrons. The molecule has 0 unspecified atom stereocenters. The Balaban J connectivity index is 2.46. The number of nitrogens with one attached hydrogen (secondary N) is 2. The molecule has 0 aromatic heterocycles. The minimum Gasteiger partial charge on any atom is -0.347 e. The number of carbonyl (C=O) groups is 2. The van der Waals surface area contributed by atoms with Crippen molar-refractivity contribution in [3.05, 3.63) is 29.8 Å². The lowest BCUT2D eigenvalue weighted by molar-refractivity contribution is -0.124. The van der Waals surface area contributed by atoms with E-state index in [0.29, 0.717) is 6.42 Å². The van der Waals surface area contributed by atoms with Gasteiger partial charge in [-0.1, -0.05) is 46.8 Å². The molecule has 0 atom stereocenters. The summed E-state index contributed by atoms with van der Waals surface area (Å²) in [6.45, 7) is 10.4. The quantitative estimate of drug-likeness (QED) is 0.875. The molecule has 0 aliphatic rings. The zero-order valence-electron chi connectivity index (χ0n) is 13.6. The number of hydrogen-bond donors (Lipinski definition) is 2. The zero-order chi connectivity index (χ0) is 16.0. The van der Waals surface area contributed by atoms with E-state index in [1.807, 2.05) is 38.1 Å². The Morgan fingerprint density at radius 1 is 1.05 bits per heavy atom. The minimum atomic E-state index is -0.212. The summed E-state index contributed by atoms with van der Waals surface area (Å²) >= 11 is 0. The van der Waals surface area contributed by atoms with Crippen molar-refractivity contribution in [2.75, 3.05) is 11.9 Å². The van der Waals surface area contributed by atoms with E-state index in [0.717, 1.165) is 5.69 Å². The average molecular weight is 290 g/mol. The van der Waals surface area contributed by atoms with Crippen LogP contribution in [0.4, 0.5) is 5.69 Å². The topological polar surface area (TPSA) is 58.2 Å². The van der Waals surface area contributed by atoms with Crippen molar-refractivity contribution in [2.24, 2.45) is 5.92 Å². The molecule has 0 aliphatic heterocycles. The lowest BCUT2D eigenvalue weighted by atomic mass is 9.87. The number of rotatable bonds is 5. The smallest absolute Gasteiger partial charge is 0.243 e. The molecule has 0 radical (unpaired) electrons. The normalized spacial score (nSPS) is 11.3. The molecule has 1 aromatic rings. The van der Waals surface area contributed by atoms with Crippen LogP contribution in [0.2, 0.25) is 0 Å². The third kappa shape index (κ3) is 6.43. The minimum absolute atomic E-state index is 0.00652. The van der Waals surface area contributed by atoms with Gasteiger partial charge in [-0.25, -0.2) is 0 Å². The lowest BCUT2D eigenvalue weighted by Gasteiger charge is -2.19. The maximum Gasteiger partial charge on any atom is 0.243 e. The summed E-state index contributed by atoms with van der Waals surface area (Å²) in [6.07, 6.45) is 0.438. The van der Waals surface area contributed by atoms with Crippen LogP contribution in [0, 0.1) is 5.92 Å². The summed E-state index contributed by atoms with van der Waals surface area (Å²) in [5.41, 5.74) is 2.05. The molecule has 2 amide bonds.